The number of carbonyl (C=O) groups is 3. The minimum Gasteiger partial charge on any atom is -0.464 e. The molecule has 1 aliphatic heterocycles. The summed E-state index contributed by atoms with van der Waals surface area (Å²) in [5.41, 5.74) is 0. The summed E-state index contributed by atoms with van der Waals surface area (Å²) >= 11 is 0. The van der Waals surface area contributed by atoms with Crippen LogP contribution in [0.25, 0.3) is 0 Å². The molecular formula is C18H29NO4. The van der Waals surface area contributed by atoms with E-state index in [1.54, 1.807) is 0 Å². The van der Waals surface area contributed by atoms with E-state index in [2.05, 4.69) is 11.9 Å². The number of nitrogens with one attached hydrogen (secondary N) is 1. The molecule has 0 radical (unpaired) electrons. The number of rotatable bonds is 13. The molecule has 1 amide bonds. The molecule has 0 unspecified atom stereocenters. The maximum absolute atomic E-state index is 11.7. The average molecular weight is 323 g/mol. The summed E-state index contributed by atoms with van der Waals surface area (Å²) in [5, 5.41) is 2.55. The highest BCUT2D eigenvalue weighted by Crippen LogP contribution is 2.11. The van der Waals surface area contributed by atoms with Crippen LogP contribution in [0.15, 0.2) is 12.7 Å². The number of hydrogen-bond donors (Lipinski definition) is 1. The zero-order chi connectivity index (χ0) is 16.9. The van der Waals surface area contributed by atoms with Gasteiger partial charge in [-0.2, -0.15) is 0 Å². The number of ketones is 1. The Morgan fingerprint density at radius 1 is 1.13 bits per heavy atom. The summed E-state index contributed by atoms with van der Waals surface area (Å²) in [7, 11) is 0. The Balaban J connectivity index is 1.96. The second-order valence-corrected chi connectivity index (χ2v) is 6.09. The number of amides is 1. The van der Waals surface area contributed by atoms with Gasteiger partial charge in [-0.15, -0.1) is 6.58 Å². The van der Waals surface area contributed by atoms with Gasteiger partial charge in [0, 0.05) is 12.8 Å². The lowest BCUT2D eigenvalue weighted by Crippen LogP contribution is -2.38. The standard InChI is InChI=1S/C18H29NO4/c1-2-3-4-5-6-7-8-9-10-11-15(20)14-17(21)19-16-12-13-23-18(16)22/h2,16H,1,3-14H2,(H,19,21)/t16-/m0/s1. The van der Waals surface area contributed by atoms with Crippen LogP contribution in [0.1, 0.15) is 70.6 Å². The van der Waals surface area contributed by atoms with Gasteiger partial charge in [0.2, 0.25) is 5.91 Å². The van der Waals surface area contributed by atoms with Crippen molar-refractivity contribution in [3.8, 4) is 0 Å². The SMILES string of the molecule is C=CCCCCCCCCCC(=O)CC(=O)N[C@H]1CCOC1=O. The third kappa shape index (κ3) is 9.16. The van der Waals surface area contributed by atoms with Crippen molar-refractivity contribution in [2.45, 2.75) is 76.7 Å². The fourth-order valence-electron chi connectivity index (χ4n) is 2.63. The average Bonchev–Trinajstić information content (AvgIpc) is 2.90. The number of cyclic esters (lactones) is 1. The Bertz CT molecular complexity index is 406. The maximum atomic E-state index is 11.7. The topological polar surface area (TPSA) is 72.5 Å². The van der Waals surface area contributed by atoms with Gasteiger partial charge in [-0.05, 0) is 19.3 Å². The van der Waals surface area contributed by atoms with Crippen LogP contribution in [0, 0.1) is 0 Å². The number of ether oxygens (including phenoxy) is 1. The molecular weight excluding hydrogens is 294 g/mol. The van der Waals surface area contributed by atoms with E-state index in [0.717, 1.165) is 25.7 Å². The zero-order valence-electron chi connectivity index (χ0n) is 14.0. The molecule has 0 bridgehead atoms. The summed E-state index contributed by atoms with van der Waals surface area (Å²) in [6.07, 6.45) is 11.8. The van der Waals surface area contributed by atoms with Crippen molar-refractivity contribution in [3.05, 3.63) is 12.7 Å². The number of Topliss-reactive ketones (excluding diaryl/α,β-unsaturated/α-hetero) is 1. The van der Waals surface area contributed by atoms with Crippen molar-refractivity contribution >= 4 is 17.7 Å². The highest BCUT2D eigenvalue weighted by atomic mass is 16.5. The number of carbonyl (C=O) groups excluding carboxylic acids is 3. The van der Waals surface area contributed by atoms with Crippen molar-refractivity contribution in [1.82, 2.24) is 5.32 Å². The Labute approximate surface area is 138 Å². The minimum absolute atomic E-state index is 0.0557. The van der Waals surface area contributed by atoms with E-state index < -0.39 is 12.0 Å². The molecule has 0 aromatic rings. The zero-order valence-corrected chi connectivity index (χ0v) is 14.0. The molecule has 0 saturated carbocycles. The molecule has 1 heterocycles. The van der Waals surface area contributed by atoms with Gasteiger partial charge in [0.1, 0.15) is 11.8 Å². The second-order valence-electron chi connectivity index (χ2n) is 6.09. The summed E-state index contributed by atoms with van der Waals surface area (Å²) in [5.74, 6) is -0.834. The van der Waals surface area contributed by atoms with E-state index in [1.165, 1.54) is 25.7 Å². The molecule has 130 valence electrons. The molecule has 0 aromatic heterocycles. The van der Waals surface area contributed by atoms with E-state index >= 15 is 0 Å². The van der Waals surface area contributed by atoms with Gasteiger partial charge in [-0.25, -0.2) is 4.79 Å². The first-order valence-electron chi connectivity index (χ1n) is 8.72. The summed E-state index contributed by atoms with van der Waals surface area (Å²) in [6.45, 7) is 4.04. The largest absolute Gasteiger partial charge is 0.464 e. The van der Waals surface area contributed by atoms with Crippen LogP contribution in [-0.2, 0) is 19.1 Å². The Morgan fingerprint density at radius 2 is 1.78 bits per heavy atom. The minimum atomic E-state index is -0.573. The van der Waals surface area contributed by atoms with Gasteiger partial charge < -0.3 is 10.1 Å². The van der Waals surface area contributed by atoms with E-state index in [4.69, 9.17) is 4.74 Å². The molecule has 1 fully saturated rings. The number of hydrogen-bond acceptors (Lipinski definition) is 4. The van der Waals surface area contributed by atoms with Crippen LogP contribution in [0.4, 0.5) is 0 Å². The van der Waals surface area contributed by atoms with Crippen molar-refractivity contribution < 1.29 is 19.1 Å². The molecule has 23 heavy (non-hydrogen) atoms. The first kappa shape index (κ1) is 19.4. The number of allylic oxidation sites excluding steroid dienone is 1. The number of esters is 1. The monoisotopic (exact) mass is 323 g/mol. The van der Waals surface area contributed by atoms with Crippen LogP contribution in [0.5, 0.6) is 0 Å². The lowest BCUT2D eigenvalue weighted by Gasteiger charge is -2.08. The van der Waals surface area contributed by atoms with Crippen LogP contribution >= 0.6 is 0 Å². The van der Waals surface area contributed by atoms with Gasteiger partial charge >= 0.3 is 5.97 Å². The summed E-state index contributed by atoms with van der Waals surface area (Å²) < 4.78 is 4.76. The molecule has 1 N–H and O–H groups in total. The molecule has 0 aliphatic carbocycles. The van der Waals surface area contributed by atoms with Gasteiger partial charge in [-0.1, -0.05) is 38.2 Å². The Morgan fingerprint density at radius 3 is 2.39 bits per heavy atom. The Kier molecular flexibility index (Phi) is 10.00. The lowest BCUT2D eigenvalue weighted by molar-refractivity contribution is -0.142. The third-order valence-corrected chi connectivity index (χ3v) is 3.99. The molecule has 1 rings (SSSR count). The van der Waals surface area contributed by atoms with Crippen molar-refractivity contribution in [2.75, 3.05) is 6.61 Å². The van der Waals surface area contributed by atoms with Crippen LogP contribution in [0.2, 0.25) is 0 Å². The molecule has 5 nitrogen and oxygen atoms in total. The van der Waals surface area contributed by atoms with Gasteiger partial charge in [-0.3, -0.25) is 9.59 Å². The van der Waals surface area contributed by atoms with E-state index in [1.807, 2.05) is 6.08 Å². The van der Waals surface area contributed by atoms with Crippen molar-refractivity contribution in [3.63, 3.8) is 0 Å². The third-order valence-electron chi connectivity index (χ3n) is 3.99. The molecule has 1 saturated heterocycles. The predicted octanol–water partition coefficient (Wildman–Crippen LogP) is 3.07. The van der Waals surface area contributed by atoms with Gasteiger partial charge in [0.05, 0.1) is 13.0 Å². The molecule has 5 heteroatoms. The number of unbranched alkanes of at least 4 members (excludes halogenated alkanes) is 7. The second kappa shape index (κ2) is 11.9. The van der Waals surface area contributed by atoms with Crippen molar-refractivity contribution in [2.24, 2.45) is 0 Å². The van der Waals surface area contributed by atoms with E-state index in [9.17, 15) is 14.4 Å². The van der Waals surface area contributed by atoms with Crippen molar-refractivity contribution in [1.29, 1.82) is 0 Å². The van der Waals surface area contributed by atoms with Gasteiger partial charge in [0.25, 0.3) is 0 Å². The first-order chi connectivity index (χ1) is 11.1. The highest BCUT2D eigenvalue weighted by molar-refractivity contribution is 5.99. The Hall–Kier alpha value is -1.65. The van der Waals surface area contributed by atoms with E-state index in [0.29, 0.717) is 19.4 Å². The molecule has 1 aliphatic rings. The quantitative estimate of drug-likeness (QED) is 0.245. The molecule has 0 spiro atoms. The smallest absolute Gasteiger partial charge is 0.328 e. The van der Waals surface area contributed by atoms with Gasteiger partial charge in [0.15, 0.2) is 0 Å². The van der Waals surface area contributed by atoms with Crippen LogP contribution < -0.4 is 5.32 Å². The normalized spacial score (nSPS) is 16.9. The highest BCUT2D eigenvalue weighted by Gasteiger charge is 2.28. The van der Waals surface area contributed by atoms with Crippen LogP contribution in [0.3, 0.4) is 0 Å². The summed E-state index contributed by atoms with van der Waals surface area (Å²) in [4.78, 5) is 34.6. The fourth-order valence-corrected chi connectivity index (χ4v) is 2.63. The first-order valence-corrected chi connectivity index (χ1v) is 8.72. The predicted molar refractivity (Wildman–Crippen MR) is 88.9 cm³/mol. The molecule has 0 aromatic carbocycles. The maximum Gasteiger partial charge on any atom is 0.328 e. The lowest BCUT2D eigenvalue weighted by atomic mass is 10.0. The van der Waals surface area contributed by atoms with E-state index in [-0.39, 0.29) is 18.1 Å². The van der Waals surface area contributed by atoms with Crippen LogP contribution in [-0.4, -0.2) is 30.3 Å². The fraction of sp³-hybridized carbons (Fsp3) is 0.722. The molecule has 1 atom stereocenters. The summed E-state index contributed by atoms with van der Waals surface area (Å²) in [6, 6.07) is -0.573.